The second kappa shape index (κ2) is 12.9. The second-order valence-corrected chi connectivity index (χ2v) is 17.7. The molecular weight excluding hydrogens is 729 g/mol. The van der Waals surface area contributed by atoms with E-state index in [-0.39, 0.29) is 11.8 Å². The summed E-state index contributed by atoms with van der Waals surface area (Å²) in [7, 11) is 0. The Kier molecular flexibility index (Phi) is 7.54. The van der Waals surface area contributed by atoms with Crippen molar-refractivity contribution < 1.29 is 0 Å². The van der Waals surface area contributed by atoms with E-state index in [2.05, 4.69) is 182 Å². The molecule has 60 heavy (non-hydrogen) atoms. The van der Waals surface area contributed by atoms with Gasteiger partial charge in [-0.1, -0.05) is 99.5 Å². The number of aromatic nitrogens is 4. The largest absolute Gasteiger partial charge is 0.307 e. The number of nitrogens with zero attached hydrogens (tertiary/aromatic N) is 4. The quantitative estimate of drug-likeness (QED) is 0.178. The second-order valence-electron chi connectivity index (χ2n) is 17.7. The summed E-state index contributed by atoms with van der Waals surface area (Å²) >= 11 is 0. The Morgan fingerprint density at radius 1 is 0.417 bits per heavy atom. The van der Waals surface area contributed by atoms with E-state index >= 15 is 0 Å². The van der Waals surface area contributed by atoms with E-state index in [0.717, 1.165) is 11.4 Å². The van der Waals surface area contributed by atoms with Crippen LogP contribution in [0.25, 0.3) is 88.4 Å². The van der Waals surface area contributed by atoms with Crippen molar-refractivity contribution in [1.82, 2.24) is 19.1 Å². The topological polar surface area (TPSA) is 35.6 Å². The standard InChI is InChI=1S/C56H46N4/c1-31-11-15-37(16-12-31)39-19-21-49-45(25-39)47-27-43-33(3)34(4)44-28-48-46-26-40(38-17-13-32(2)14-18-38)20-22-50(46)60(42-10-8-24-58-30-42)56(48)52-36(6)35(5)51(53(43)54(44)52)55(47)59(49)41-9-7-23-57-29-41/h7-30,33-36H,1-6H3. The van der Waals surface area contributed by atoms with Gasteiger partial charge in [-0.05, 0) is 154 Å². The summed E-state index contributed by atoms with van der Waals surface area (Å²) < 4.78 is 5.03. The molecule has 290 valence electrons. The van der Waals surface area contributed by atoms with Gasteiger partial charge in [0.05, 0.1) is 45.8 Å². The summed E-state index contributed by atoms with van der Waals surface area (Å²) in [5.74, 6) is 1.12. The average Bonchev–Trinajstić information content (AvgIpc) is 3.79. The number of pyridine rings is 2. The normalized spacial score (nSPS) is 18.2. The molecule has 0 spiro atoms. The smallest absolute Gasteiger partial charge is 0.0645 e. The van der Waals surface area contributed by atoms with Crippen molar-refractivity contribution in [2.45, 2.75) is 65.2 Å². The molecule has 0 saturated carbocycles. The molecule has 0 aliphatic heterocycles. The van der Waals surface area contributed by atoms with Crippen molar-refractivity contribution in [3.8, 4) is 44.8 Å². The molecule has 2 aliphatic carbocycles. The van der Waals surface area contributed by atoms with E-state index in [1.165, 1.54) is 110 Å². The number of aryl methyl sites for hydroxylation is 2. The van der Waals surface area contributed by atoms with Gasteiger partial charge >= 0.3 is 0 Å². The molecule has 4 nitrogen and oxygen atoms in total. The molecule has 0 N–H and O–H groups in total. The summed E-state index contributed by atoms with van der Waals surface area (Å²) in [4.78, 5) is 9.34. The predicted octanol–water partition coefficient (Wildman–Crippen LogP) is 14.7. The van der Waals surface area contributed by atoms with Crippen molar-refractivity contribution in [1.29, 1.82) is 0 Å². The highest BCUT2D eigenvalue weighted by Crippen LogP contribution is 2.61. The van der Waals surface area contributed by atoms with Crippen LogP contribution in [0.5, 0.6) is 0 Å². The lowest BCUT2D eigenvalue weighted by molar-refractivity contribution is 0.584. The summed E-state index contributed by atoms with van der Waals surface area (Å²) in [6, 6.07) is 45.7. The molecule has 6 aromatic carbocycles. The van der Waals surface area contributed by atoms with Crippen LogP contribution in [-0.2, 0) is 0 Å². The molecule has 4 heterocycles. The molecule has 4 aromatic heterocycles. The average molecular weight is 775 g/mol. The fraction of sp³-hybridized carbons (Fsp3) is 0.179. The molecule has 4 unspecified atom stereocenters. The van der Waals surface area contributed by atoms with Crippen LogP contribution >= 0.6 is 0 Å². The minimum Gasteiger partial charge on any atom is -0.307 e. The molecule has 0 saturated heterocycles. The molecule has 2 aliphatic rings. The number of fused-ring (bicyclic) bond motifs is 8. The van der Waals surface area contributed by atoms with Crippen LogP contribution < -0.4 is 0 Å². The maximum Gasteiger partial charge on any atom is 0.0645 e. The molecule has 0 radical (unpaired) electrons. The Morgan fingerprint density at radius 3 is 1.20 bits per heavy atom. The summed E-state index contributed by atoms with van der Waals surface area (Å²) in [6.45, 7) is 14.2. The monoisotopic (exact) mass is 774 g/mol. The zero-order valence-electron chi connectivity index (χ0n) is 35.0. The van der Waals surface area contributed by atoms with Gasteiger partial charge in [0.15, 0.2) is 0 Å². The van der Waals surface area contributed by atoms with Crippen LogP contribution in [0.2, 0.25) is 0 Å². The van der Waals surface area contributed by atoms with Crippen LogP contribution in [-0.4, -0.2) is 19.1 Å². The first-order valence-corrected chi connectivity index (χ1v) is 21.5. The third-order valence-electron chi connectivity index (χ3n) is 14.5. The first-order chi connectivity index (χ1) is 29.3. The van der Waals surface area contributed by atoms with Crippen LogP contribution in [0.15, 0.2) is 146 Å². The van der Waals surface area contributed by atoms with Crippen LogP contribution in [0, 0.1) is 13.8 Å². The third kappa shape index (κ3) is 4.85. The van der Waals surface area contributed by atoms with Crippen LogP contribution in [0.1, 0.15) is 84.7 Å². The SMILES string of the molecule is Cc1ccc(-c2ccc3c(c2)c2cc4c5c(c2n3-c2cccnc2)C(C)C(C)c2c-5c(cc3c5cc(-c6ccc(C)cc6)ccc5n(-c5cccnc5)c23)C(C)C4C)cc1. The van der Waals surface area contributed by atoms with Crippen molar-refractivity contribution in [3.63, 3.8) is 0 Å². The molecule has 12 rings (SSSR count). The van der Waals surface area contributed by atoms with Crippen LogP contribution in [0.4, 0.5) is 0 Å². The van der Waals surface area contributed by atoms with Gasteiger partial charge < -0.3 is 9.13 Å². The van der Waals surface area contributed by atoms with Gasteiger partial charge in [-0.2, -0.15) is 0 Å². The number of hydrogen-bond donors (Lipinski definition) is 0. The highest BCUT2D eigenvalue weighted by Gasteiger charge is 2.42. The van der Waals surface area contributed by atoms with E-state index in [0.29, 0.717) is 11.8 Å². The lowest BCUT2D eigenvalue weighted by Gasteiger charge is -2.42. The molecular formula is C56H46N4. The molecule has 0 bridgehead atoms. The Balaban J connectivity index is 1.22. The molecule has 0 amide bonds. The Bertz CT molecular complexity index is 3140. The van der Waals surface area contributed by atoms with E-state index in [9.17, 15) is 0 Å². The van der Waals surface area contributed by atoms with Crippen LogP contribution in [0.3, 0.4) is 0 Å². The maximum absolute atomic E-state index is 4.67. The molecule has 4 atom stereocenters. The lowest BCUT2D eigenvalue weighted by atomic mass is 9.62. The van der Waals surface area contributed by atoms with E-state index < -0.39 is 0 Å². The number of benzene rings is 6. The van der Waals surface area contributed by atoms with Gasteiger partial charge in [-0.15, -0.1) is 0 Å². The van der Waals surface area contributed by atoms with Gasteiger partial charge in [0.2, 0.25) is 0 Å². The van der Waals surface area contributed by atoms with E-state index in [1.54, 1.807) is 0 Å². The van der Waals surface area contributed by atoms with Crippen molar-refractivity contribution >= 4 is 43.6 Å². The summed E-state index contributed by atoms with van der Waals surface area (Å²) in [5, 5.41) is 5.24. The van der Waals surface area contributed by atoms with Crippen molar-refractivity contribution in [2.24, 2.45) is 0 Å². The summed E-state index contributed by atoms with van der Waals surface area (Å²) in [6.07, 6.45) is 7.82. The number of rotatable bonds is 4. The first kappa shape index (κ1) is 35.2. The van der Waals surface area contributed by atoms with E-state index in [1.807, 2.05) is 24.8 Å². The Labute approximate surface area is 350 Å². The highest BCUT2D eigenvalue weighted by atomic mass is 15.0. The summed E-state index contributed by atoms with van der Waals surface area (Å²) in [5.41, 5.74) is 23.5. The van der Waals surface area contributed by atoms with Crippen molar-refractivity contribution in [3.05, 3.63) is 179 Å². The van der Waals surface area contributed by atoms with Gasteiger partial charge in [0, 0.05) is 33.9 Å². The van der Waals surface area contributed by atoms with Gasteiger partial charge in [-0.25, -0.2) is 0 Å². The minimum absolute atomic E-state index is 0.230. The van der Waals surface area contributed by atoms with Crippen molar-refractivity contribution in [2.75, 3.05) is 0 Å². The molecule has 10 aromatic rings. The Hall–Kier alpha value is -6.78. The fourth-order valence-corrected chi connectivity index (χ4v) is 11.0. The third-order valence-corrected chi connectivity index (χ3v) is 14.5. The first-order valence-electron chi connectivity index (χ1n) is 21.5. The molecule has 4 heteroatoms. The van der Waals surface area contributed by atoms with Gasteiger partial charge in [-0.3, -0.25) is 9.97 Å². The molecule has 0 fully saturated rings. The van der Waals surface area contributed by atoms with Gasteiger partial charge in [0.1, 0.15) is 0 Å². The highest BCUT2D eigenvalue weighted by molar-refractivity contribution is 6.17. The van der Waals surface area contributed by atoms with E-state index in [4.69, 9.17) is 0 Å². The Morgan fingerprint density at radius 2 is 0.817 bits per heavy atom. The van der Waals surface area contributed by atoms with Gasteiger partial charge in [0.25, 0.3) is 0 Å². The predicted molar refractivity (Wildman–Crippen MR) is 250 cm³/mol. The fourth-order valence-electron chi connectivity index (χ4n) is 11.0. The zero-order valence-corrected chi connectivity index (χ0v) is 35.0. The lowest BCUT2D eigenvalue weighted by Crippen LogP contribution is -2.24. The zero-order chi connectivity index (χ0) is 40.6. The minimum atomic E-state index is 0.230. The number of hydrogen-bond acceptors (Lipinski definition) is 2. The maximum atomic E-state index is 4.67.